The van der Waals surface area contributed by atoms with Crippen LogP contribution in [0.4, 0.5) is 0 Å². The number of aryl methyl sites for hydroxylation is 1. The van der Waals surface area contributed by atoms with E-state index in [1.54, 1.807) is 4.90 Å². The minimum atomic E-state index is 0.155. The van der Waals surface area contributed by atoms with Gasteiger partial charge in [-0.05, 0) is 49.9 Å². The van der Waals surface area contributed by atoms with Crippen LogP contribution >= 0.6 is 0 Å². The summed E-state index contributed by atoms with van der Waals surface area (Å²) >= 11 is 0. The first kappa shape index (κ1) is 11.9. The maximum Gasteiger partial charge on any atom is 0.254 e. The number of hydrogen-bond donors (Lipinski definition) is 0. The van der Waals surface area contributed by atoms with Crippen molar-refractivity contribution in [2.75, 3.05) is 7.05 Å². The van der Waals surface area contributed by atoms with Gasteiger partial charge in [-0.25, -0.2) is 0 Å². The van der Waals surface area contributed by atoms with Gasteiger partial charge in [-0.3, -0.25) is 4.79 Å². The number of nitrogens with zero attached hydrogens (tertiary/aromatic N) is 1. The summed E-state index contributed by atoms with van der Waals surface area (Å²) in [6, 6.07) is 4.25. The Balaban J connectivity index is 2.38. The molecule has 1 heterocycles. The van der Waals surface area contributed by atoms with Crippen molar-refractivity contribution in [2.45, 2.75) is 33.7 Å². The zero-order valence-corrected chi connectivity index (χ0v) is 11.0. The standard InChI is InChI=1S/C15H19NO/c1-10(2)5-6-12-7-11(3)14-9-16(4)15(17)13(14)8-12/h5,7-8H,6,9H2,1-4H3. The second kappa shape index (κ2) is 4.36. The Labute approximate surface area is 103 Å². The van der Waals surface area contributed by atoms with E-state index in [-0.39, 0.29) is 5.91 Å². The van der Waals surface area contributed by atoms with Crippen molar-refractivity contribution in [3.63, 3.8) is 0 Å². The molecule has 0 aromatic heterocycles. The van der Waals surface area contributed by atoms with E-state index in [1.807, 2.05) is 13.1 Å². The first-order chi connectivity index (χ1) is 7.99. The molecule has 0 saturated carbocycles. The molecule has 0 saturated heterocycles. The first-order valence-electron chi connectivity index (χ1n) is 6.00. The third-order valence-electron chi connectivity index (χ3n) is 3.25. The van der Waals surface area contributed by atoms with Crippen molar-refractivity contribution in [3.8, 4) is 0 Å². The topological polar surface area (TPSA) is 20.3 Å². The van der Waals surface area contributed by atoms with E-state index in [1.165, 1.54) is 22.3 Å². The predicted molar refractivity (Wildman–Crippen MR) is 70.1 cm³/mol. The van der Waals surface area contributed by atoms with E-state index in [4.69, 9.17) is 0 Å². The zero-order chi connectivity index (χ0) is 12.6. The van der Waals surface area contributed by atoms with Gasteiger partial charge in [-0.2, -0.15) is 0 Å². The van der Waals surface area contributed by atoms with Gasteiger partial charge in [-0.15, -0.1) is 0 Å². The molecule has 0 unspecified atom stereocenters. The van der Waals surface area contributed by atoms with Gasteiger partial charge in [0.05, 0.1) is 0 Å². The normalized spacial score (nSPS) is 13.9. The smallest absolute Gasteiger partial charge is 0.254 e. The van der Waals surface area contributed by atoms with Crippen molar-refractivity contribution in [1.29, 1.82) is 0 Å². The van der Waals surface area contributed by atoms with E-state index in [0.29, 0.717) is 0 Å². The summed E-state index contributed by atoms with van der Waals surface area (Å²) in [5, 5.41) is 0. The van der Waals surface area contributed by atoms with Crippen LogP contribution < -0.4 is 0 Å². The molecule has 17 heavy (non-hydrogen) atoms. The third-order valence-corrected chi connectivity index (χ3v) is 3.25. The van der Waals surface area contributed by atoms with E-state index >= 15 is 0 Å². The lowest BCUT2D eigenvalue weighted by Gasteiger charge is -2.05. The van der Waals surface area contributed by atoms with Crippen LogP contribution in [0.15, 0.2) is 23.8 Å². The van der Waals surface area contributed by atoms with Crippen molar-refractivity contribution in [1.82, 2.24) is 4.90 Å². The Morgan fingerprint density at radius 1 is 1.41 bits per heavy atom. The van der Waals surface area contributed by atoms with E-state index in [0.717, 1.165) is 18.5 Å². The van der Waals surface area contributed by atoms with Crippen LogP contribution in [0, 0.1) is 6.92 Å². The molecule has 90 valence electrons. The Hall–Kier alpha value is -1.57. The maximum absolute atomic E-state index is 11.9. The van der Waals surface area contributed by atoms with Gasteiger partial charge in [0.15, 0.2) is 0 Å². The molecule has 2 nitrogen and oxygen atoms in total. The quantitative estimate of drug-likeness (QED) is 0.714. The van der Waals surface area contributed by atoms with Gasteiger partial charge in [-0.1, -0.05) is 17.7 Å². The molecule has 1 aliphatic rings. The van der Waals surface area contributed by atoms with Crippen molar-refractivity contribution in [2.24, 2.45) is 0 Å². The van der Waals surface area contributed by atoms with Crippen LogP contribution in [0.25, 0.3) is 0 Å². The Bertz CT molecular complexity index is 496. The highest BCUT2D eigenvalue weighted by Gasteiger charge is 2.25. The molecule has 0 spiro atoms. The lowest BCUT2D eigenvalue weighted by molar-refractivity contribution is 0.0816. The highest BCUT2D eigenvalue weighted by Crippen LogP contribution is 2.26. The van der Waals surface area contributed by atoms with Crippen molar-refractivity contribution < 1.29 is 4.79 Å². The second-order valence-electron chi connectivity index (χ2n) is 5.09. The molecule has 1 amide bonds. The molecule has 0 radical (unpaired) electrons. The largest absolute Gasteiger partial charge is 0.337 e. The molecule has 1 aliphatic heterocycles. The Morgan fingerprint density at radius 2 is 2.12 bits per heavy atom. The Kier molecular flexibility index (Phi) is 3.05. The summed E-state index contributed by atoms with van der Waals surface area (Å²) in [6.45, 7) is 7.04. The van der Waals surface area contributed by atoms with Crippen molar-refractivity contribution in [3.05, 3.63) is 46.0 Å². The lowest BCUT2D eigenvalue weighted by atomic mass is 9.98. The molecule has 0 N–H and O–H groups in total. The number of allylic oxidation sites excluding steroid dienone is 2. The van der Waals surface area contributed by atoms with E-state index < -0.39 is 0 Å². The van der Waals surface area contributed by atoms with Gasteiger partial charge in [0, 0.05) is 19.2 Å². The van der Waals surface area contributed by atoms with Crippen molar-refractivity contribution >= 4 is 5.91 Å². The fourth-order valence-electron chi connectivity index (χ4n) is 2.25. The molecule has 2 heteroatoms. The fourth-order valence-corrected chi connectivity index (χ4v) is 2.25. The summed E-state index contributed by atoms with van der Waals surface area (Å²) in [6.07, 6.45) is 3.11. The van der Waals surface area contributed by atoms with Gasteiger partial charge in [0.1, 0.15) is 0 Å². The summed E-state index contributed by atoms with van der Waals surface area (Å²) in [5.74, 6) is 0.155. The highest BCUT2D eigenvalue weighted by atomic mass is 16.2. The van der Waals surface area contributed by atoms with Crippen LogP contribution in [-0.4, -0.2) is 17.9 Å². The van der Waals surface area contributed by atoms with Crippen LogP contribution in [-0.2, 0) is 13.0 Å². The van der Waals surface area contributed by atoms with Gasteiger partial charge in [0.25, 0.3) is 5.91 Å². The van der Waals surface area contributed by atoms with Gasteiger partial charge >= 0.3 is 0 Å². The molecule has 2 rings (SSSR count). The predicted octanol–water partition coefficient (Wildman–Crippen LogP) is 3.09. The first-order valence-corrected chi connectivity index (χ1v) is 6.00. The summed E-state index contributed by atoms with van der Waals surface area (Å²) in [7, 11) is 1.86. The third kappa shape index (κ3) is 2.26. The molecule has 0 atom stereocenters. The summed E-state index contributed by atoms with van der Waals surface area (Å²) in [5.41, 5.74) is 5.86. The van der Waals surface area contributed by atoms with E-state index in [9.17, 15) is 4.79 Å². The number of fused-ring (bicyclic) bond motifs is 1. The van der Waals surface area contributed by atoms with Gasteiger partial charge in [0.2, 0.25) is 0 Å². The number of rotatable bonds is 2. The number of carbonyl (C=O) groups excluding carboxylic acids is 1. The number of hydrogen-bond acceptors (Lipinski definition) is 1. The second-order valence-corrected chi connectivity index (χ2v) is 5.09. The average Bonchev–Trinajstić information content (AvgIpc) is 2.54. The average molecular weight is 229 g/mol. The minimum absolute atomic E-state index is 0.155. The molecular formula is C15H19NO. The number of amides is 1. The fraction of sp³-hybridized carbons (Fsp3) is 0.400. The SMILES string of the molecule is CC(C)=CCc1cc(C)c2c(c1)C(=O)N(C)C2. The monoisotopic (exact) mass is 229 g/mol. The van der Waals surface area contributed by atoms with Crippen LogP contribution in [0.1, 0.15) is 40.9 Å². The zero-order valence-electron chi connectivity index (χ0n) is 11.0. The van der Waals surface area contributed by atoms with Gasteiger partial charge < -0.3 is 4.90 Å². The highest BCUT2D eigenvalue weighted by molar-refractivity contribution is 5.98. The van der Waals surface area contributed by atoms with E-state index in [2.05, 4.69) is 32.9 Å². The minimum Gasteiger partial charge on any atom is -0.337 e. The summed E-state index contributed by atoms with van der Waals surface area (Å²) in [4.78, 5) is 13.7. The molecule has 1 aromatic rings. The number of carbonyl (C=O) groups is 1. The lowest BCUT2D eigenvalue weighted by Crippen LogP contribution is -2.17. The molecule has 0 bridgehead atoms. The van der Waals surface area contributed by atoms with Crippen LogP contribution in [0.5, 0.6) is 0 Å². The number of benzene rings is 1. The molecule has 0 fully saturated rings. The maximum atomic E-state index is 11.9. The Morgan fingerprint density at radius 3 is 2.76 bits per heavy atom. The molecular weight excluding hydrogens is 210 g/mol. The summed E-state index contributed by atoms with van der Waals surface area (Å²) < 4.78 is 0. The van der Waals surface area contributed by atoms with Crippen LogP contribution in [0.3, 0.4) is 0 Å². The van der Waals surface area contributed by atoms with Crippen LogP contribution in [0.2, 0.25) is 0 Å². The molecule has 1 aromatic carbocycles. The molecule has 0 aliphatic carbocycles.